The average molecular weight is 394 g/mol. The molecule has 0 aliphatic rings. The number of carbonyl (C=O) groups excluding carboxylic acids is 2. The van der Waals surface area contributed by atoms with Gasteiger partial charge in [0.1, 0.15) is 5.56 Å². The number of rotatable bonds is 5. The first kappa shape index (κ1) is 18.2. The Morgan fingerprint density at radius 1 is 1.33 bits per heavy atom. The van der Waals surface area contributed by atoms with Crippen LogP contribution in [0.3, 0.4) is 0 Å². The Morgan fingerprint density at radius 3 is 2.62 bits per heavy atom. The highest BCUT2D eigenvalue weighted by Crippen LogP contribution is 2.24. The Bertz CT molecular complexity index is 755. The number of para-hydroxylation sites is 1. The van der Waals surface area contributed by atoms with Gasteiger partial charge < -0.3 is 14.7 Å². The average Bonchev–Trinajstić information content (AvgIpc) is 2.90. The Hall–Kier alpha value is -2.15. The maximum atomic E-state index is 12.6. The predicted octanol–water partition coefficient (Wildman–Crippen LogP) is 3.58. The summed E-state index contributed by atoms with van der Waals surface area (Å²) in [6, 6.07) is 7.30. The summed E-state index contributed by atoms with van der Waals surface area (Å²) in [4.78, 5) is 26.2. The summed E-state index contributed by atoms with van der Waals surface area (Å²) in [7, 11) is 1.58. The van der Waals surface area contributed by atoms with Gasteiger partial charge in [-0.05, 0) is 35.0 Å². The highest BCUT2D eigenvalue weighted by Gasteiger charge is 2.26. The van der Waals surface area contributed by atoms with Gasteiger partial charge in [0.15, 0.2) is 5.76 Å². The van der Waals surface area contributed by atoms with Gasteiger partial charge in [0.05, 0.1) is 17.9 Å². The van der Waals surface area contributed by atoms with Crippen molar-refractivity contribution in [1.82, 2.24) is 10.1 Å². The van der Waals surface area contributed by atoms with Crippen LogP contribution in [-0.2, 0) is 4.79 Å². The van der Waals surface area contributed by atoms with Crippen molar-refractivity contribution in [2.45, 2.75) is 26.7 Å². The van der Waals surface area contributed by atoms with E-state index in [4.69, 9.17) is 4.52 Å². The van der Waals surface area contributed by atoms with E-state index in [1.165, 1.54) is 4.90 Å². The minimum atomic E-state index is -0.280. The summed E-state index contributed by atoms with van der Waals surface area (Å²) < 4.78 is 6.02. The fourth-order valence-electron chi connectivity index (χ4n) is 2.27. The summed E-state index contributed by atoms with van der Waals surface area (Å²) >= 11 is 3.37. The minimum Gasteiger partial charge on any atom is -0.360 e. The number of carbonyl (C=O) groups is 2. The third-order valence-electron chi connectivity index (χ3n) is 3.50. The number of aromatic nitrogens is 1. The highest BCUT2D eigenvalue weighted by atomic mass is 79.9. The molecule has 2 amide bonds. The molecule has 1 heterocycles. The number of hydrogen-bond donors (Lipinski definition) is 1. The lowest BCUT2D eigenvalue weighted by Gasteiger charge is -2.17. The van der Waals surface area contributed by atoms with Gasteiger partial charge in [-0.3, -0.25) is 9.59 Å². The first-order valence-electron chi connectivity index (χ1n) is 7.57. The van der Waals surface area contributed by atoms with Crippen LogP contribution in [0.4, 0.5) is 5.69 Å². The van der Waals surface area contributed by atoms with Crippen LogP contribution in [-0.4, -0.2) is 35.5 Å². The first-order valence-corrected chi connectivity index (χ1v) is 8.36. The van der Waals surface area contributed by atoms with Gasteiger partial charge in [0.25, 0.3) is 5.91 Å². The third-order valence-corrected chi connectivity index (χ3v) is 4.19. The molecule has 0 unspecified atom stereocenters. The number of halogens is 1. The first-order chi connectivity index (χ1) is 11.3. The predicted molar refractivity (Wildman–Crippen MR) is 95.1 cm³/mol. The molecule has 0 aliphatic heterocycles. The fourth-order valence-corrected chi connectivity index (χ4v) is 2.66. The molecule has 2 aromatic rings. The summed E-state index contributed by atoms with van der Waals surface area (Å²) in [5.41, 5.74) is 1.62. The van der Waals surface area contributed by atoms with Crippen LogP contribution in [0.1, 0.15) is 41.6 Å². The summed E-state index contributed by atoms with van der Waals surface area (Å²) in [6.07, 6.45) is 0. The number of hydrogen-bond acceptors (Lipinski definition) is 4. The molecule has 0 saturated carbocycles. The van der Waals surface area contributed by atoms with Crippen molar-refractivity contribution in [3.8, 4) is 0 Å². The van der Waals surface area contributed by atoms with Crippen LogP contribution in [0.2, 0.25) is 0 Å². The summed E-state index contributed by atoms with van der Waals surface area (Å²) in [5, 5.41) is 6.65. The van der Waals surface area contributed by atoms with Gasteiger partial charge in [-0.1, -0.05) is 31.1 Å². The maximum Gasteiger partial charge on any atom is 0.259 e. The molecule has 0 fully saturated rings. The summed E-state index contributed by atoms with van der Waals surface area (Å²) in [6.45, 7) is 5.51. The SMILES string of the molecule is Cc1noc(C(C)C)c1C(=O)N(C)CC(=O)Nc1ccccc1Br. The second-order valence-electron chi connectivity index (χ2n) is 5.85. The molecule has 0 spiro atoms. The van der Waals surface area contributed by atoms with Gasteiger partial charge >= 0.3 is 0 Å². The quantitative estimate of drug-likeness (QED) is 0.841. The molecule has 0 radical (unpaired) electrons. The molecule has 0 atom stereocenters. The molecule has 1 N–H and O–H groups in total. The molecule has 6 nitrogen and oxygen atoms in total. The smallest absolute Gasteiger partial charge is 0.259 e. The molecule has 0 bridgehead atoms. The Balaban J connectivity index is 2.08. The number of likely N-dealkylation sites (N-methyl/N-ethyl adjacent to an activating group) is 1. The monoisotopic (exact) mass is 393 g/mol. The number of nitrogens with one attached hydrogen (secondary N) is 1. The van der Waals surface area contributed by atoms with Gasteiger partial charge in [0.2, 0.25) is 5.91 Å². The number of amides is 2. The standard InChI is InChI=1S/C17H20BrN3O3/c1-10(2)16-15(11(3)20-24-16)17(23)21(4)9-14(22)19-13-8-6-5-7-12(13)18/h5-8,10H,9H2,1-4H3,(H,19,22). The zero-order chi connectivity index (χ0) is 17.9. The lowest BCUT2D eigenvalue weighted by molar-refractivity contribution is -0.116. The minimum absolute atomic E-state index is 0.0349. The Morgan fingerprint density at radius 2 is 2.00 bits per heavy atom. The molecule has 7 heteroatoms. The van der Waals surface area contributed by atoms with Gasteiger partial charge in [-0.15, -0.1) is 0 Å². The molecule has 2 rings (SSSR count). The van der Waals surface area contributed by atoms with Crippen molar-refractivity contribution < 1.29 is 14.1 Å². The molecule has 0 saturated heterocycles. The van der Waals surface area contributed by atoms with Crippen molar-refractivity contribution in [3.05, 3.63) is 45.8 Å². The molecular weight excluding hydrogens is 374 g/mol. The van der Waals surface area contributed by atoms with E-state index >= 15 is 0 Å². The normalized spacial score (nSPS) is 10.8. The van der Waals surface area contributed by atoms with Crippen LogP contribution >= 0.6 is 15.9 Å². The van der Waals surface area contributed by atoms with E-state index in [1.54, 1.807) is 20.0 Å². The van der Waals surface area contributed by atoms with Crippen molar-refractivity contribution >= 4 is 33.4 Å². The molecule has 24 heavy (non-hydrogen) atoms. The van der Waals surface area contributed by atoms with E-state index in [1.807, 2.05) is 32.0 Å². The number of benzene rings is 1. The van der Waals surface area contributed by atoms with Crippen molar-refractivity contribution in [1.29, 1.82) is 0 Å². The van der Waals surface area contributed by atoms with E-state index < -0.39 is 0 Å². The fraction of sp³-hybridized carbons (Fsp3) is 0.353. The zero-order valence-electron chi connectivity index (χ0n) is 14.1. The van der Waals surface area contributed by atoms with Crippen LogP contribution < -0.4 is 5.32 Å². The topological polar surface area (TPSA) is 75.4 Å². The third kappa shape index (κ3) is 4.03. The zero-order valence-corrected chi connectivity index (χ0v) is 15.7. The highest BCUT2D eigenvalue weighted by molar-refractivity contribution is 9.10. The van der Waals surface area contributed by atoms with E-state index in [2.05, 4.69) is 26.4 Å². The largest absolute Gasteiger partial charge is 0.360 e. The maximum absolute atomic E-state index is 12.6. The molecule has 128 valence electrons. The van der Waals surface area contributed by atoms with E-state index in [-0.39, 0.29) is 24.3 Å². The van der Waals surface area contributed by atoms with Crippen LogP contribution in [0.15, 0.2) is 33.3 Å². The lowest BCUT2D eigenvalue weighted by Crippen LogP contribution is -2.35. The molecule has 1 aromatic carbocycles. The second-order valence-corrected chi connectivity index (χ2v) is 6.71. The van der Waals surface area contributed by atoms with Crippen molar-refractivity contribution in [3.63, 3.8) is 0 Å². The molecule has 1 aromatic heterocycles. The van der Waals surface area contributed by atoms with Crippen molar-refractivity contribution in [2.24, 2.45) is 0 Å². The lowest BCUT2D eigenvalue weighted by atomic mass is 10.0. The Kier molecular flexibility index (Phi) is 5.77. The van der Waals surface area contributed by atoms with Crippen molar-refractivity contribution in [2.75, 3.05) is 18.9 Å². The van der Waals surface area contributed by atoms with Crippen LogP contribution in [0.25, 0.3) is 0 Å². The van der Waals surface area contributed by atoms with E-state index in [0.29, 0.717) is 22.7 Å². The number of anilines is 1. The second kappa shape index (κ2) is 7.61. The van der Waals surface area contributed by atoms with E-state index in [0.717, 1.165) is 4.47 Å². The van der Waals surface area contributed by atoms with Crippen LogP contribution in [0.5, 0.6) is 0 Å². The summed E-state index contributed by atoms with van der Waals surface area (Å²) in [5.74, 6) is 0.0147. The Labute approximate surface area is 149 Å². The van der Waals surface area contributed by atoms with E-state index in [9.17, 15) is 9.59 Å². The number of aryl methyl sites for hydroxylation is 1. The van der Waals surface area contributed by atoms with Gasteiger partial charge in [-0.25, -0.2) is 0 Å². The molecular formula is C17H20BrN3O3. The van der Waals surface area contributed by atoms with Gasteiger partial charge in [-0.2, -0.15) is 0 Å². The molecule has 0 aliphatic carbocycles. The number of nitrogens with zero attached hydrogens (tertiary/aromatic N) is 2. The van der Waals surface area contributed by atoms with Gasteiger partial charge in [0, 0.05) is 17.4 Å². The van der Waals surface area contributed by atoms with Crippen LogP contribution in [0, 0.1) is 6.92 Å².